The van der Waals surface area contributed by atoms with Crippen molar-refractivity contribution in [2.45, 2.75) is 13.3 Å². The van der Waals surface area contributed by atoms with Gasteiger partial charge in [-0.25, -0.2) is 4.39 Å². The lowest BCUT2D eigenvalue weighted by molar-refractivity contribution is -0.115. The van der Waals surface area contributed by atoms with Crippen LogP contribution in [0.15, 0.2) is 67.3 Å². The van der Waals surface area contributed by atoms with Crippen LogP contribution in [0, 0.1) is 5.82 Å². The second-order valence-electron chi connectivity index (χ2n) is 10.3. The first-order chi connectivity index (χ1) is 20.4. The number of nitrogens with zero attached hydrogens (tertiary/aromatic N) is 5. The Balaban J connectivity index is 1.36. The van der Waals surface area contributed by atoms with E-state index < -0.39 is 0 Å². The van der Waals surface area contributed by atoms with E-state index in [1.807, 2.05) is 44.4 Å². The molecule has 0 bridgehead atoms. The number of amides is 1. The van der Waals surface area contributed by atoms with E-state index in [4.69, 9.17) is 0 Å². The number of H-pyrrole nitrogens is 2. The molecule has 0 aliphatic rings. The number of carbonyl (C=O) groups excluding carboxylic acids is 1. The number of benzene rings is 1. The van der Waals surface area contributed by atoms with Gasteiger partial charge in [0.05, 0.1) is 40.7 Å². The van der Waals surface area contributed by atoms with Crippen LogP contribution in [0.25, 0.3) is 55.7 Å². The van der Waals surface area contributed by atoms with Gasteiger partial charge in [-0.1, -0.05) is 6.92 Å². The van der Waals surface area contributed by atoms with E-state index >= 15 is 0 Å². The molecule has 4 N–H and O–H groups in total. The lowest BCUT2D eigenvalue weighted by atomic mass is 10.1. The molecule has 42 heavy (non-hydrogen) atoms. The van der Waals surface area contributed by atoms with Crippen molar-refractivity contribution in [3.8, 4) is 33.9 Å². The summed E-state index contributed by atoms with van der Waals surface area (Å²) >= 11 is 0. The summed E-state index contributed by atoms with van der Waals surface area (Å²) in [5.41, 5.74) is 7.24. The predicted molar refractivity (Wildman–Crippen MR) is 164 cm³/mol. The van der Waals surface area contributed by atoms with E-state index in [-0.39, 0.29) is 11.7 Å². The zero-order valence-electron chi connectivity index (χ0n) is 23.5. The number of likely N-dealkylation sites (N-methyl/N-ethyl adjacent to an activating group) is 1. The second kappa shape index (κ2) is 11.4. The number of anilines is 2. The van der Waals surface area contributed by atoms with E-state index in [9.17, 15) is 9.18 Å². The molecule has 1 amide bonds. The number of fused-ring (bicyclic) bond motifs is 2. The van der Waals surface area contributed by atoms with E-state index in [2.05, 4.69) is 45.7 Å². The highest BCUT2D eigenvalue weighted by atomic mass is 19.1. The molecule has 11 heteroatoms. The van der Waals surface area contributed by atoms with Gasteiger partial charge in [0, 0.05) is 65.0 Å². The second-order valence-corrected chi connectivity index (χ2v) is 10.3. The lowest BCUT2D eigenvalue weighted by Crippen LogP contribution is -2.20. The van der Waals surface area contributed by atoms with Gasteiger partial charge >= 0.3 is 0 Å². The SMILES string of the molecule is CCC(=O)Nc1cncc(-c2cc3c(-c4cc5c(-c6cc(F)cc(NCCN(C)C)c6)nccc5[nH]4)n[nH]c3cn2)c1. The molecule has 0 aliphatic heterocycles. The fourth-order valence-corrected chi connectivity index (χ4v) is 4.84. The first kappa shape index (κ1) is 27.0. The fraction of sp³-hybridized carbons (Fsp3) is 0.194. The molecule has 0 unspecified atom stereocenters. The molecule has 5 heterocycles. The zero-order valence-corrected chi connectivity index (χ0v) is 23.5. The molecular weight excluding hydrogens is 533 g/mol. The van der Waals surface area contributed by atoms with Gasteiger partial charge in [0.25, 0.3) is 0 Å². The number of hydrogen-bond acceptors (Lipinski definition) is 7. The molecule has 1 aromatic carbocycles. The Morgan fingerprint density at radius 2 is 1.76 bits per heavy atom. The van der Waals surface area contributed by atoms with Gasteiger partial charge in [-0.2, -0.15) is 5.10 Å². The largest absolute Gasteiger partial charge is 0.384 e. The molecule has 10 nitrogen and oxygen atoms in total. The van der Waals surface area contributed by atoms with E-state index in [1.165, 1.54) is 12.1 Å². The molecule has 6 aromatic rings. The fourth-order valence-electron chi connectivity index (χ4n) is 4.84. The summed E-state index contributed by atoms with van der Waals surface area (Å²) in [6.45, 7) is 3.32. The van der Waals surface area contributed by atoms with Crippen LogP contribution >= 0.6 is 0 Å². The average Bonchev–Trinajstić information content (AvgIpc) is 3.60. The van der Waals surface area contributed by atoms with Crippen LogP contribution in [0.3, 0.4) is 0 Å². The third-order valence-corrected chi connectivity index (χ3v) is 6.95. The van der Waals surface area contributed by atoms with Crippen LogP contribution in [0.1, 0.15) is 13.3 Å². The third-order valence-electron chi connectivity index (χ3n) is 6.95. The minimum absolute atomic E-state index is 0.0859. The molecule has 212 valence electrons. The number of halogens is 1. The van der Waals surface area contributed by atoms with E-state index in [1.54, 1.807) is 31.7 Å². The summed E-state index contributed by atoms with van der Waals surface area (Å²) in [7, 11) is 3.99. The molecule has 0 aliphatic carbocycles. The molecule has 0 atom stereocenters. The number of aromatic amines is 2. The monoisotopic (exact) mass is 563 g/mol. The topological polar surface area (TPSA) is 128 Å². The maximum atomic E-state index is 14.7. The molecule has 0 saturated heterocycles. The number of nitrogens with one attached hydrogen (secondary N) is 4. The Hall–Kier alpha value is -5.16. The number of pyridine rings is 3. The Morgan fingerprint density at radius 1 is 0.929 bits per heavy atom. The van der Waals surface area contributed by atoms with Crippen LogP contribution < -0.4 is 10.6 Å². The van der Waals surface area contributed by atoms with Crippen LogP contribution in [0.2, 0.25) is 0 Å². The summed E-state index contributed by atoms with van der Waals surface area (Å²) in [4.78, 5) is 30.8. The third kappa shape index (κ3) is 5.54. The average molecular weight is 564 g/mol. The quantitative estimate of drug-likeness (QED) is 0.178. The summed E-state index contributed by atoms with van der Waals surface area (Å²) < 4.78 is 14.7. The van der Waals surface area contributed by atoms with Crippen LogP contribution in [0.5, 0.6) is 0 Å². The molecular formula is C31H30FN9O. The summed E-state index contributed by atoms with van der Waals surface area (Å²) in [6.07, 6.45) is 7.13. The van der Waals surface area contributed by atoms with Crippen molar-refractivity contribution < 1.29 is 9.18 Å². The van der Waals surface area contributed by atoms with Crippen molar-refractivity contribution in [2.75, 3.05) is 37.8 Å². The molecule has 6 rings (SSSR count). The highest BCUT2D eigenvalue weighted by molar-refractivity contribution is 6.00. The van der Waals surface area contributed by atoms with Crippen molar-refractivity contribution in [1.29, 1.82) is 0 Å². The highest BCUT2D eigenvalue weighted by Gasteiger charge is 2.16. The predicted octanol–water partition coefficient (Wildman–Crippen LogP) is 5.69. The Morgan fingerprint density at radius 3 is 2.60 bits per heavy atom. The van der Waals surface area contributed by atoms with Gasteiger partial charge in [0.2, 0.25) is 5.91 Å². The van der Waals surface area contributed by atoms with Gasteiger partial charge < -0.3 is 20.5 Å². The minimum Gasteiger partial charge on any atom is -0.384 e. The van der Waals surface area contributed by atoms with Gasteiger partial charge in [-0.15, -0.1) is 0 Å². The van der Waals surface area contributed by atoms with E-state index in [0.29, 0.717) is 47.0 Å². The molecule has 0 spiro atoms. The summed E-state index contributed by atoms with van der Waals surface area (Å²) in [5, 5.41) is 15.5. The molecule has 0 fully saturated rings. The van der Waals surface area contributed by atoms with Crippen molar-refractivity contribution in [1.82, 2.24) is 35.0 Å². The zero-order chi connectivity index (χ0) is 29.2. The van der Waals surface area contributed by atoms with Crippen LogP contribution in [-0.4, -0.2) is 68.1 Å². The van der Waals surface area contributed by atoms with Crippen LogP contribution in [-0.2, 0) is 4.79 Å². The van der Waals surface area contributed by atoms with Gasteiger partial charge in [0.1, 0.15) is 11.5 Å². The number of hydrogen-bond donors (Lipinski definition) is 4. The summed E-state index contributed by atoms with van der Waals surface area (Å²) in [6, 6.07) is 12.6. The minimum atomic E-state index is -0.333. The van der Waals surface area contributed by atoms with Crippen molar-refractivity contribution in [3.05, 3.63) is 73.1 Å². The molecule has 0 radical (unpaired) electrons. The van der Waals surface area contributed by atoms with Crippen molar-refractivity contribution in [2.24, 2.45) is 0 Å². The first-order valence-electron chi connectivity index (χ1n) is 13.6. The molecule has 0 saturated carbocycles. The standard InChI is InChI=1S/C31H30FN9O/c1-4-29(42)37-22-11-19(15-33-16-22)26-13-24-28(17-36-26)39-40-31(24)27-14-23-25(38-27)5-6-35-30(23)18-9-20(32)12-21(10-18)34-7-8-41(2)3/h5-6,9-17,34,38H,4,7-8H2,1-3H3,(H,37,42)(H,39,40). The Labute approximate surface area is 241 Å². The smallest absolute Gasteiger partial charge is 0.224 e. The van der Waals surface area contributed by atoms with Crippen LogP contribution in [0.4, 0.5) is 15.8 Å². The van der Waals surface area contributed by atoms with E-state index in [0.717, 1.165) is 39.6 Å². The lowest BCUT2D eigenvalue weighted by Gasteiger charge is -2.12. The maximum Gasteiger partial charge on any atom is 0.224 e. The normalized spacial score (nSPS) is 11.5. The van der Waals surface area contributed by atoms with Crippen molar-refractivity contribution in [3.63, 3.8) is 0 Å². The molecule has 5 aromatic heterocycles. The Bertz CT molecular complexity index is 1910. The maximum absolute atomic E-state index is 14.7. The summed E-state index contributed by atoms with van der Waals surface area (Å²) in [5.74, 6) is -0.419. The van der Waals surface area contributed by atoms with Crippen molar-refractivity contribution >= 4 is 39.1 Å². The van der Waals surface area contributed by atoms with Gasteiger partial charge in [-0.05, 0) is 56.6 Å². The Kier molecular flexibility index (Phi) is 7.32. The first-order valence-corrected chi connectivity index (χ1v) is 13.6. The number of carbonyl (C=O) groups is 1. The van der Waals surface area contributed by atoms with Gasteiger partial charge in [0.15, 0.2) is 0 Å². The van der Waals surface area contributed by atoms with Gasteiger partial charge in [-0.3, -0.25) is 24.8 Å². The number of rotatable bonds is 9. The highest BCUT2D eigenvalue weighted by Crippen LogP contribution is 2.35. The number of aromatic nitrogens is 6.